The van der Waals surface area contributed by atoms with E-state index in [1.54, 1.807) is 0 Å². The number of benzene rings is 1. The Hall–Kier alpha value is -1.50. The molecule has 2 fully saturated rings. The molecule has 2 N–H and O–H groups in total. The van der Waals surface area contributed by atoms with Crippen LogP contribution < -0.4 is 20.1 Å². The summed E-state index contributed by atoms with van der Waals surface area (Å²) >= 11 is 0. The molecule has 1 saturated heterocycles. The van der Waals surface area contributed by atoms with Gasteiger partial charge in [-0.1, -0.05) is 18.9 Å². The van der Waals surface area contributed by atoms with Gasteiger partial charge < -0.3 is 24.8 Å². The maximum Gasteiger partial charge on any atom is 0.239 e. The zero-order valence-electron chi connectivity index (χ0n) is 15.8. The second kappa shape index (κ2) is 8.67. The number of rotatable bonds is 4. The second-order valence-electron chi connectivity index (χ2n) is 7.57. The summed E-state index contributed by atoms with van der Waals surface area (Å²) in [5, 5.41) is 6.45. The van der Waals surface area contributed by atoms with Crippen molar-refractivity contribution in [2.75, 3.05) is 32.9 Å². The summed E-state index contributed by atoms with van der Waals surface area (Å²) in [6.45, 7) is 5.16. The van der Waals surface area contributed by atoms with E-state index in [1.807, 2.05) is 13.0 Å². The summed E-state index contributed by atoms with van der Waals surface area (Å²) in [5.74, 6) is 1.66. The van der Waals surface area contributed by atoms with E-state index in [0.717, 1.165) is 30.9 Å². The van der Waals surface area contributed by atoms with Gasteiger partial charge in [0.25, 0.3) is 0 Å². The minimum atomic E-state index is -0.275. The maximum atomic E-state index is 12.7. The Labute approximate surface area is 166 Å². The molecule has 0 spiro atoms. The van der Waals surface area contributed by atoms with Crippen LogP contribution in [-0.2, 0) is 14.9 Å². The molecule has 1 amide bonds. The van der Waals surface area contributed by atoms with Gasteiger partial charge in [-0.2, -0.15) is 0 Å². The maximum absolute atomic E-state index is 12.7. The lowest BCUT2D eigenvalue weighted by molar-refractivity contribution is -0.129. The molecule has 4 rings (SSSR count). The number of morpholine rings is 1. The molecule has 2 aliphatic heterocycles. The van der Waals surface area contributed by atoms with Crippen molar-refractivity contribution in [3.8, 4) is 11.5 Å². The Morgan fingerprint density at radius 2 is 1.93 bits per heavy atom. The molecule has 1 aromatic rings. The molecule has 3 aliphatic rings. The number of fused-ring (bicyclic) bond motifs is 1. The van der Waals surface area contributed by atoms with E-state index in [4.69, 9.17) is 14.2 Å². The summed E-state index contributed by atoms with van der Waals surface area (Å²) in [4.78, 5) is 12.7. The van der Waals surface area contributed by atoms with E-state index in [-0.39, 0.29) is 35.9 Å². The number of ether oxygens (including phenoxy) is 3. The van der Waals surface area contributed by atoms with Crippen molar-refractivity contribution in [3.63, 3.8) is 0 Å². The molecule has 0 radical (unpaired) electrons. The molecular formula is C20H29ClN2O4. The third kappa shape index (κ3) is 4.18. The quantitative estimate of drug-likeness (QED) is 0.816. The summed E-state index contributed by atoms with van der Waals surface area (Å²) in [6, 6.07) is 5.97. The van der Waals surface area contributed by atoms with Crippen LogP contribution in [0.15, 0.2) is 18.2 Å². The number of hydrogen-bond acceptors (Lipinski definition) is 5. The highest BCUT2D eigenvalue weighted by Crippen LogP contribution is 2.43. The van der Waals surface area contributed by atoms with Crippen LogP contribution in [0.5, 0.6) is 11.5 Å². The predicted molar refractivity (Wildman–Crippen MR) is 105 cm³/mol. The van der Waals surface area contributed by atoms with Crippen molar-refractivity contribution in [2.45, 2.75) is 50.2 Å². The monoisotopic (exact) mass is 396 g/mol. The summed E-state index contributed by atoms with van der Waals surface area (Å²) in [5.41, 5.74) is 1.21. The third-order valence-electron chi connectivity index (χ3n) is 5.92. The lowest BCUT2D eigenvalue weighted by atomic mass is 9.78. The first kappa shape index (κ1) is 20.2. The smallest absolute Gasteiger partial charge is 0.239 e. The van der Waals surface area contributed by atoms with Crippen molar-refractivity contribution in [3.05, 3.63) is 23.8 Å². The molecule has 0 bridgehead atoms. The molecule has 0 aromatic heterocycles. The first-order valence-electron chi connectivity index (χ1n) is 9.71. The van der Waals surface area contributed by atoms with E-state index in [1.165, 1.54) is 18.4 Å². The Kier molecular flexibility index (Phi) is 6.50. The number of carbonyl (C=O) groups excluding carboxylic acids is 1. The van der Waals surface area contributed by atoms with Crippen LogP contribution in [0.4, 0.5) is 0 Å². The summed E-state index contributed by atoms with van der Waals surface area (Å²) < 4.78 is 17.0. The largest absolute Gasteiger partial charge is 0.486 e. The lowest BCUT2D eigenvalue weighted by Gasteiger charge is -2.34. The van der Waals surface area contributed by atoms with Crippen molar-refractivity contribution < 1.29 is 19.0 Å². The lowest BCUT2D eigenvalue weighted by Crippen LogP contribution is -2.56. The Bertz CT molecular complexity index is 663. The molecule has 6 nitrogen and oxygen atoms in total. The molecule has 0 unspecified atom stereocenters. The predicted octanol–water partition coefficient (Wildman–Crippen LogP) is 2.18. The first-order valence-corrected chi connectivity index (χ1v) is 9.71. The Balaban J connectivity index is 0.00000210. The van der Waals surface area contributed by atoms with Crippen molar-refractivity contribution in [1.82, 2.24) is 10.6 Å². The Morgan fingerprint density at radius 1 is 1.19 bits per heavy atom. The average molecular weight is 397 g/mol. The zero-order valence-corrected chi connectivity index (χ0v) is 16.6. The van der Waals surface area contributed by atoms with Crippen molar-refractivity contribution >= 4 is 18.3 Å². The fraction of sp³-hybridized carbons (Fsp3) is 0.650. The molecular weight excluding hydrogens is 368 g/mol. The van der Waals surface area contributed by atoms with Crippen LogP contribution >= 0.6 is 12.4 Å². The highest BCUT2D eigenvalue weighted by Gasteiger charge is 2.38. The molecule has 1 saturated carbocycles. The average Bonchev–Trinajstić information content (AvgIpc) is 3.16. The highest BCUT2D eigenvalue weighted by atomic mass is 35.5. The van der Waals surface area contributed by atoms with E-state index < -0.39 is 0 Å². The van der Waals surface area contributed by atoms with Gasteiger partial charge in [0.1, 0.15) is 19.3 Å². The second-order valence-corrected chi connectivity index (χ2v) is 7.57. The molecule has 7 heteroatoms. The Morgan fingerprint density at radius 3 is 2.67 bits per heavy atom. The minimum absolute atomic E-state index is 0. The van der Waals surface area contributed by atoms with Crippen LogP contribution in [-0.4, -0.2) is 51.0 Å². The van der Waals surface area contributed by atoms with E-state index in [0.29, 0.717) is 26.4 Å². The van der Waals surface area contributed by atoms with Crippen LogP contribution in [0.3, 0.4) is 0 Å². The van der Waals surface area contributed by atoms with Crippen LogP contribution in [0, 0.1) is 0 Å². The minimum Gasteiger partial charge on any atom is -0.486 e. The SMILES string of the molecule is C[C@H]1OCCN[C@@H]1C(=O)NCC1(c2ccc3c(c2)OCCO3)CCCC1.Cl. The van der Waals surface area contributed by atoms with Gasteiger partial charge in [0.05, 0.1) is 12.7 Å². The van der Waals surface area contributed by atoms with E-state index in [2.05, 4.69) is 22.8 Å². The fourth-order valence-electron chi connectivity index (χ4n) is 4.39. The van der Waals surface area contributed by atoms with E-state index in [9.17, 15) is 4.79 Å². The van der Waals surface area contributed by atoms with E-state index >= 15 is 0 Å². The standard InChI is InChI=1S/C20H28N2O4.ClH/c1-14-18(21-8-9-24-14)19(23)22-13-20(6-2-3-7-20)15-4-5-16-17(12-15)26-11-10-25-16;/h4-5,12,14,18,21H,2-3,6-11,13H2,1H3,(H,22,23);1H/t14-,18+;/m1./s1. The zero-order chi connectivity index (χ0) is 18.0. The summed E-state index contributed by atoms with van der Waals surface area (Å²) in [7, 11) is 0. The third-order valence-corrected chi connectivity index (χ3v) is 5.92. The van der Waals surface area contributed by atoms with Gasteiger partial charge in [-0.3, -0.25) is 4.79 Å². The van der Waals surface area contributed by atoms with Gasteiger partial charge in [0.15, 0.2) is 11.5 Å². The number of halogens is 1. The van der Waals surface area contributed by atoms with Crippen LogP contribution in [0.1, 0.15) is 38.2 Å². The number of amides is 1. The molecule has 2 heterocycles. The molecule has 27 heavy (non-hydrogen) atoms. The number of carbonyl (C=O) groups is 1. The van der Waals surface area contributed by atoms with Crippen LogP contribution in [0.25, 0.3) is 0 Å². The van der Waals surface area contributed by atoms with Gasteiger partial charge in [0, 0.05) is 18.5 Å². The molecule has 1 aliphatic carbocycles. The van der Waals surface area contributed by atoms with Crippen molar-refractivity contribution in [2.24, 2.45) is 0 Å². The molecule has 1 aromatic carbocycles. The van der Waals surface area contributed by atoms with Crippen molar-refractivity contribution in [1.29, 1.82) is 0 Å². The van der Waals surface area contributed by atoms with Gasteiger partial charge in [0.2, 0.25) is 5.91 Å². The van der Waals surface area contributed by atoms with Gasteiger partial charge in [-0.05, 0) is 37.5 Å². The summed E-state index contributed by atoms with van der Waals surface area (Å²) in [6.07, 6.45) is 4.43. The fourth-order valence-corrected chi connectivity index (χ4v) is 4.39. The van der Waals surface area contributed by atoms with Gasteiger partial charge in [-0.25, -0.2) is 0 Å². The normalized spacial score (nSPS) is 26.1. The molecule has 150 valence electrons. The highest BCUT2D eigenvalue weighted by molar-refractivity contribution is 5.85. The number of nitrogens with one attached hydrogen (secondary N) is 2. The first-order chi connectivity index (χ1) is 12.7. The van der Waals surface area contributed by atoms with Gasteiger partial charge >= 0.3 is 0 Å². The number of hydrogen-bond donors (Lipinski definition) is 2. The van der Waals surface area contributed by atoms with Crippen LogP contribution in [0.2, 0.25) is 0 Å². The van der Waals surface area contributed by atoms with Gasteiger partial charge in [-0.15, -0.1) is 12.4 Å². The molecule has 2 atom stereocenters. The topological polar surface area (TPSA) is 68.8 Å².